The number of carbonyl (C=O) groups excluding carboxylic acids is 1. The lowest BCUT2D eigenvalue weighted by Crippen LogP contribution is -2.38. The van der Waals surface area contributed by atoms with E-state index >= 15 is 0 Å². The van der Waals surface area contributed by atoms with Crippen LogP contribution in [0.1, 0.15) is 45.9 Å². The molecule has 26 heavy (non-hydrogen) atoms. The minimum absolute atomic E-state index is 0.170. The highest BCUT2D eigenvalue weighted by Crippen LogP contribution is 2.32. The Morgan fingerprint density at radius 3 is 2.38 bits per heavy atom. The van der Waals surface area contributed by atoms with E-state index in [1.54, 1.807) is 0 Å². The van der Waals surface area contributed by atoms with Crippen molar-refractivity contribution in [1.29, 1.82) is 0 Å². The van der Waals surface area contributed by atoms with Crippen LogP contribution in [0.15, 0.2) is 48.5 Å². The van der Waals surface area contributed by atoms with Crippen molar-refractivity contribution in [3.63, 3.8) is 0 Å². The summed E-state index contributed by atoms with van der Waals surface area (Å²) >= 11 is 0. The van der Waals surface area contributed by atoms with Crippen LogP contribution in [0.25, 0.3) is 10.9 Å². The van der Waals surface area contributed by atoms with Crippen molar-refractivity contribution < 1.29 is 4.79 Å². The maximum absolute atomic E-state index is 12.8. The molecule has 1 amide bonds. The summed E-state index contributed by atoms with van der Waals surface area (Å²) in [5, 5.41) is 1.30. The number of benzene rings is 2. The van der Waals surface area contributed by atoms with Gasteiger partial charge in [0.15, 0.2) is 0 Å². The second kappa shape index (κ2) is 6.64. The minimum atomic E-state index is 0.170. The number of hydrogen-bond donors (Lipinski definition) is 0. The first-order valence-corrected chi connectivity index (χ1v) is 9.45. The molecule has 1 fully saturated rings. The molecule has 0 saturated carbocycles. The molecule has 3 heteroatoms. The average molecular weight is 346 g/mol. The third-order valence-electron chi connectivity index (χ3n) is 5.94. The summed E-state index contributed by atoms with van der Waals surface area (Å²) in [6, 6.07) is 16.9. The second-order valence-corrected chi connectivity index (χ2v) is 7.55. The van der Waals surface area contributed by atoms with E-state index in [4.69, 9.17) is 0 Å². The lowest BCUT2D eigenvalue weighted by atomic mass is 9.92. The number of fused-ring (bicyclic) bond motifs is 1. The average Bonchev–Trinajstić information content (AvgIpc) is 3.00. The highest BCUT2D eigenvalue weighted by molar-refractivity contribution is 5.94. The molecule has 0 radical (unpaired) electrons. The first-order chi connectivity index (χ1) is 12.5. The molecule has 1 aliphatic rings. The molecule has 1 aromatic heterocycles. The van der Waals surface area contributed by atoms with E-state index in [0.29, 0.717) is 5.92 Å². The molecule has 3 nitrogen and oxygen atoms in total. The molecule has 2 heterocycles. The summed E-state index contributed by atoms with van der Waals surface area (Å²) in [6.07, 6.45) is 2.06. The normalized spacial score (nSPS) is 15.6. The monoisotopic (exact) mass is 346 g/mol. The number of para-hydroxylation sites is 1. The van der Waals surface area contributed by atoms with Crippen LogP contribution in [0.5, 0.6) is 0 Å². The Kier molecular flexibility index (Phi) is 4.31. The summed E-state index contributed by atoms with van der Waals surface area (Å²) in [4.78, 5) is 14.9. The number of rotatable bonds is 2. The van der Waals surface area contributed by atoms with Crippen molar-refractivity contribution in [2.75, 3.05) is 13.1 Å². The first-order valence-electron chi connectivity index (χ1n) is 9.45. The molecule has 0 atom stereocenters. The maximum atomic E-state index is 12.8. The lowest BCUT2D eigenvalue weighted by Gasteiger charge is -2.32. The van der Waals surface area contributed by atoms with Gasteiger partial charge in [-0.05, 0) is 67.5 Å². The molecular formula is C23H26N2O. The van der Waals surface area contributed by atoms with Crippen molar-refractivity contribution >= 4 is 16.8 Å². The number of likely N-dealkylation sites (tertiary alicyclic amines) is 1. The van der Waals surface area contributed by atoms with Crippen LogP contribution in [0.2, 0.25) is 0 Å². The molecule has 0 spiro atoms. The Morgan fingerprint density at radius 2 is 1.69 bits per heavy atom. The maximum Gasteiger partial charge on any atom is 0.253 e. The largest absolute Gasteiger partial charge is 0.347 e. The van der Waals surface area contributed by atoms with Crippen molar-refractivity contribution in [2.45, 2.75) is 32.6 Å². The van der Waals surface area contributed by atoms with E-state index in [0.717, 1.165) is 31.5 Å². The Labute approximate surface area is 155 Å². The van der Waals surface area contributed by atoms with Gasteiger partial charge >= 0.3 is 0 Å². The third-order valence-corrected chi connectivity index (χ3v) is 5.94. The molecule has 0 unspecified atom stereocenters. The molecule has 0 bridgehead atoms. The van der Waals surface area contributed by atoms with Crippen molar-refractivity contribution in [3.8, 4) is 0 Å². The fourth-order valence-electron chi connectivity index (χ4n) is 4.14. The minimum Gasteiger partial charge on any atom is -0.347 e. The van der Waals surface area contributed by atoms with Crippen molar-refractivity contribution in [3.05, 3.63) is 70.9 Å². The van der Waals surface area contributed by atoms with E-state index in [2.05, 4.69) is 55.8 Å². The summed E-state index contributed by atoms with van der Waals surface area (Å²) in [5.41, 5.74) is 5.91. The van der Waals surface area contributed by atoms with E-state index in [1.165, 1.54) is 27.7 Å². The number of amides is 1. The Balaban J connectivity index is 1.49. The Morgan fingerprint density at radius 1 is 0.962 bits per heavy atom. The number of piperidine rings is 1. The molecule has 3 aromatic rings. The lowest BCUT2D eigenvalue weighted by molar-refractivity contribution is 0.0711. The second-order valence-electron chi connectivity index (χ2n) is 7.55. The van der Waals surface area contributed by atoms with Crippen LogP contribution < -0.4 is 0 Å². The quantitative estimate of drug-likeness (QED) is 0.653. The van der Waals surface area contributed by atoms with Crippen LogP contribution in [0.4, 0.5) is 0 Å². The van der Waals surface area contributed by atoms with Gasteiger partial charge in [-0.15, -0.1) is 0 Å². The van der Waals surface area contributed by atoms with Gasteiger partial charge in [-0.1, -0.05) is 24.3 Å². The summed E-state index contributed by atoms with van der Waals surface area (Å²) in [6.45, 7) is 5.81. The zero-order chi connectivity index (χ0) is 18.3. The Hall–Kier alpha value is -2.55. The molecule has 0 aliphatic carbocycles. The number of carbonyl (C=O) groups is 1. The predicted molar refractivity (Wildman–Crippen MR) is 107 cm³/mol. The fourth-order valence-corrected chi connectivity index (χ4v) is 4.14. The van der Waals surface area contributed by atoms with E-state index in [-0.39, 0.29) is 5.91 Å². The van der Waals surface area contributed by atoms with Gasteiger partial charge in [0.25, 0.3) is 5.91 Å². The van der Waals surface area contributed by atoms with Gasteiger partial charge in [-0.25, -0.2) is 0 Å². The van der Waals surface area contributed by atoms with Gasteiger partial charge < -0.3 is 9.47 Å². The highest BCUT2D eigenvalue weighted by Gasteiger charge is 2.26. The topological polar surface area (TPSA) is 25.2 Å². The highest BCUT2D eigenvalue weighted by atomic mass is 16.2. The predicted octanol–water partition coefficient (Wildman–Crippen LogP) is 4.81. The van der Waals surface area contributed by atoms with Gasteiger partial charge in [0.1, 0.15) is 0 Å². The number of hydrogen-bond acceptors (Lipinski definition) is 1. The zero-order valence-corrected chi connectivity index (χ0v) is 15.8. The van der Waals surface area contributed by atoms with E-state index in [9.17, 15) is 4.79 Å². The fraction of sp³-hybridized carbons (Fsp3) is 0.348. The zero-order valence-electron chi connectivity index (χ0n) is 15.8. The first kappa shape index (κ1) is 16.9. The summed E-state index contributed by atoms with van der Waals surface area (Å²) in [5.74, 6) is 0.694. The number of aromatic nitrogens is 1. The smallest absolute Gasteiger partial charge is 0.253 e. The van der Waals surface area contributed by atoms with Gasteiger partial charge in [0.05, 0.1) is 0 Å². The van der Waals surface area contributed by atoms with Crippen molar-refractivity contribution in [2.24, 2.45) is 7.05 Å². The van der Waals surface area contributed by atoms with Crippen LogP contribution in [-0.2, 0) is 7.05 Å². The summed E-state index contributed by atoms with van der Waals surface area (Å²) < 4.78 is 2.32. The molecule has 1 saturated heterocycles. The SMILES string of the molecule is Cc1ccc(C(=O)N2CCC(c3cc4ccccc4n3C)CC2)cc1C. The molecule has 134 valence electrons. The Bertz CT molecular complexity index is 961. The van der Waals surface area contributed by atoms with Crippen LogP contribution >= 0.6 is 0 Å². The molecular weight excluding hydrogens is 320 g/mol. The van der Waals surface area contributed by atoms with Crippen molar-refractivity contribution in [1.82, 2.24) is 9.47 Å². The molecule has 1 aliphatic heterocycles. The summed E-state index contributed by atoms with van der Waals surface area (Å²) in [7, 11) is 2.16. The van der Waals surface area contributed by atoms with Crippen LogP contribution in [-0.4, -0.2) is 28.5 Å². The van der Waals surface area contributed by atoms with Gasteiger partial charge in [0.2, 0.25) is 0 Å². The van der Waals surface area contributed by atoms with Crippen LogP contribution in [0.3, 0.4) is 0 Å². The molecule has 0 N–H and O–H groups in total. The van der Waals surface area contributed by atoms with Crippen LogP contribution in [0, 0.1) is 13.8 Å². The molecule has 2 aromatic carbocycles. The number of aryl methyl sites for hydroxylation is 3. The third kappa shape index (κ3) is 2.92. The number of nitrogens with zero attached hydrogens (tertiary/aromatic N) is 2. The van der Waals surface area contributed by atoms with E-state index in [1.807, 2.05) is 23.1 Å². The van der Waals surface area contributed by atoms with Gasteiger partial charge in [-0.2, -0.15) is 0 Å². The molecule has 4 rings (SSSR count). The van der Waals surface area contributed by atoms with E-state index < -0.39 is 0 Å². The standard InChI is InChI=1S/C23H26N2O/c1-16-8-9-20(14-17(16)2)23(26)25-12-10-18(11-13-25)22-15-19-6-4-5-7-21(19)24(22)3/h4-9,14-15,18H,10-13H2,1-3H3. The van der Waals surface area contributed by atoms with Gasteiger partial charge in [0, 0.05) is 42.8 Å². The van der Waals surface area contributed by atoms with Gasteiger partial charge in [-0.3, -0.25) is 4.79 Å².